The first-order valence-corrected chi connectivity index (χ1v) is 31.4. The molecule has 15 atom stereocenters. The van der Waals surface area contributed by atoms with Crippen LogP contribution in [0.4, 0.5) is 0 Å². The Morgan fingerprint density at radius 3 is 2.04 bits per heavy atom. The Kier molecular flexibility index (Phi) is 19.2. The van der Waals surface area contributed by atoms with Gasteiger partial charge in [0, 0.05) is 137 Å². The number of aromatic nitrogens is 2. The minimum absolute atomic E-state index is 0.0233. The molecule has 15 unspecified atom stereocenters. The van der Waals surface area contributed by atoms with E-state index in [1.807, 2.05) is 61.5 Å². The number of fused-ring (bicyclic) bond motifs is 7. The molecule has 28 nitrogen and oxygen atoms in total. The molecule has 18 N–H and O–H groups in total. The fourth-order valence-corrected chi connectivity index (χ4v) is 16.3. The zero-order valence-corrected chi connectivity index (χ0v) is 52.7. The van der Waals surface area contributed by atoms with Crippen LogP contribution in [0, 0.1) is 45.3 Å². The number of benzene rings is 1. The topological polar surface area (TPSA) is 480 Å². The Morgan fingerprint density at radius 1 is 0.831 bits per heavy atom. The number of ether oxygens (including phenoxy) is 1. The number of aromatic hydroxyl groups is 1. The molecule has 6 aliphatic rings. The number of rotatable bonds is 26. The lowest BCUT2D eigenvalue weighted by molar-refractivity contribution is -0.124. The van der Waals surface area contributed by atoms with Crippen LogP contribution < -0.4 is 45.0 Å². The lowest BCUT2D eigenvalue weighted by Gasteiger charge is -2.48. The minimum atomic E-state index is -5.09. The maximum Gasteiger partial charge on any atom is 0.472 e. The highest BCUT2D eigenvalue weighted by Crippen LogP contribution is 2.63. The lowest BCUT2D eigenvalue weighted by Crippen LogP contribution is -2.56. The highest BCUT2D eigenvalue weighted by atomic mass is 31.2. The number of aliphatic hydroxyl groups is 2. The molecule has 0 aliphatic carbocycles. The van der Waals surface area contributed by atoms with Gasteiger partial charge >= 0.3 is 7.82 Å². The molecule has 89 heavy (non-hydrogen) atoms. The normalized spacial score (nSPS) is 33.1. The number of phenolic OH excluding ortho intramolecular Hbond substituents is 1. The number of phosphoric ester groups is 1. The van der Waals surface area contributed by atoms with Gasteiger partial charge in [-0.25, -0.2) is 9.55 Å². The highest BCUT2D eigenvalue weighted by molar-refractivity contribution is 7.47. The highest BCUT2D eigenvalue weighted by Gasteiger charge is 2.66. The molecular formula is C60H86N13O15P. The molecule has 0 radical (unpaired) electrons. The molecular weight excluding hydrogens is 1170 g/mol. The van der Waals surface area contributed by atoms with Crippen molar-refractivity contribution in [1.29, 1.82) is 0 Å². The second kappa shape index (κ2) is 25.2. The van der Waals surface area contributed by atoms with Gasteiger partial charge in [0.05, 0.1) is 41.7 Å². The summed E-state index contributed by atoms with van der Waals surface area (Å²) in [4.78, 5) is 125. The summed E-state index contributed by atoms with van der Waals surface area (Å²) in [6.07, 6.45) is -4.72. The van der Waals surface area contributed by atoms with Gasteiger partial charge in [-0.2, -0.15) is 0 Å². The minimum Gasteiger partial charge on any atom is -0.508 e. The van der Waals surface area contributed by atoms with Crippen LogP contribution in [0.5, 0.6) is 5.75 Å². The lowest BCUT2D eigenvalue weighted by atomic mass is 9.55. The summed E-state index contributed by atoms with van der Waals surface area (Å²) >= 11 is 0. The molecule has 6 aliphatic heterocycles. The molecule has 2 aromatic rings. The number of phenols is 1. The van der Waals surface area contributed by atoms with Crippen LogP contribution in [0.1, 0.15) is 139 Å². The maximum absolute atomic E-state index is 14.3. The van der Waals surface area contributed by atoms with Crippen molar-refractivity contribution < 1.29 is 72.1 Å². The average Bonchev–Trinajstić information content (AvgIpc) is 1.53. The Morgan fingerprint density at radius 2 is 1.45 bits per heavy atom. The molecule has 8 bridgehead atoms. The second-order valence-electron chi connectivity index (χ2n) is 26.3. The van der Waals surface area contributed by atoms with Gasteiger partial charge in [-0.15, -0.1) is 0 Å². The van der Waals surface area contributed by atoms with Crippen molar-refractivity contribution in [2.75, 3.05) is 13.2 Å². The van der Waals surface area contributed by atoms with Crippen LogP contribution >= 0.6 is 7.82 Å². The number of nitrogens with one attached hydrogen (secondary N) is 2. The van der Waals surface area contributed by atoms with E-state index in [1.54, 1.807) is 0 Å². The predicted molar refractivity (Wildman–Crippen MR) is 326 cm³/mol. The van der Waals surface area contributed by atoms with Gasteiger partial charge in [0.1, 0.15) is 24.1 Å². The number of allylic oxidation sites excluding steroid dienone is 6. The number of imidazole rings is 1. The van der Waals surface area contributed by atoms with Crippen LogP contribution in [-0.4, -0.2) is 137 Å². The molecule has 0 spiro atoms. The van der Waals surface area contributed by atoms with Crippen molar-refractivity contribution in [2.24, 2.45) is 94.7 Å². The van der Waals surface area contributed by atoms with E-state index in [1.165, 1.54) is 36.0 Å². The Hall–Kier alpha value is -7.20. The predicted octanol–water partition coefficient (Wildman–Crippen LogP) is 2.25. The smallest absolute Gasteiger partial charge is 0.472 e. The Bertz CT molecular complexity index is 3480. The molecule has 7 amide bonds. The standard InChI is InChI=1S/C60H86N13O15P/c1-28(87-89(84,85)88-51-39(26-74)86-55(50(51)83)73-27-68-37-20-31(75)10-14-38(37)73)25-67-47(82)18-19-57(6)35(21-44(64)79)54-60(9)59(8,24-46(66)81)34(13-17-43(63)78)49(72-60)30(3)53-58(7,23-45(65)80)32(11-15-41(61)76)36(69-53)22-40-56(4,5)33(12-16-42(62)77)48(70-40)29(2)52(57)71-54/h10,14,20,22,27-28,32-35,39,50-51,54-55,69,74-75,83H,11-13,15-19,21,23-26H2,1-9H3,(H2,61,76)(H2,62,77)(H2,63,78)(H2,64,79)(H2,65,80)(H2,66,81)(H,67,82)(H,84,85)/b36-22?,48-29?,53-30-. The molecule has 486 valence electrons. The monoisotopic (exact) mass is 1260 g/mol. The quantitative estimate of drug-likeness (QED) is 0.0601. The summed E-state index contributed by atoms with van der Waals surface area (Å²) in [7, 11) is -5.09. The van der Waals surface area contributed by atoms with Gasteiger partial charge in [-0.1, -0.05) is 34.6 Å². The summed E-state index contributed by atoms with van der Waals surface area (Å²) in [5.74, 6) is -7.31. The molecule has 2 fully saturated rings. The van der Waals surface area contributed by atoms with Crippen LogP contribution in [0.25, 0.3) is 11.0 Å². The first-order valence-electron chi connectivity index (χ1n) is 29.9. The van der Waals surface area contributed by atoms with Crippen LogP contribution in [0.15, 0.2) is 73.8 Å². The van der Waals surface area contributed by atoms with Crippen LogP contribution in [-0.2, 0) is 51.9 Å². The molecule has 1 aromatic carbocycles. The number of hydrogen-bond donors (Lipinski definition) is 12. The third kappa shape index (κ3) is 13.0. The van der Waals surface area contributed by atoms with E-state index in [9.17, 15) is 58.3 Å². The number of carbonyl (C=O) groups is 7. The van der Waals surface area contributed by atoms with E-state index in [-0.39, 0.29) is 82.9 Å². The Labute approximate surface area is 515 Å². The van der Waals surface area contributed by atoms with Crippen molar-refractivity contribution in [3.05, 3.63) is 58.8 Å². The summed E-state index contributed by atoms with van der Waals surface area (Å²) in [5.41, 5.74) is 34.8. The summed E-state index contributed by atoms with van der Waals surface area (Å²) in [5, 5.41) is 37.9. The number of aliphatic hydroxyl groups excluding tert-OH is 2. The SMILES string of the molecule is CC1=C2N=C(C=C3N/C(=C(/C)C4=NC(C)(C5N=C1C(C)(CCC(=O)NCC(C)OP(=O)(O)OC1C(CO)OC(n6cnc7cc(O)ccc76)C1O)C5CC(N)=O)C(C)(CC(N)=O)C4CCC(N)=O)C(C)(CC(N)=O)C3CCC(N)=O)C(C)(C)C2CCC(N)=O. The van der Waals surface area contributed by atoms with E-state index in [0.717, 1.165) is 0 Å². The molecule has 2 saturated heterocycles. The average molecular weight is 1260 g/mol. The van der Waals surface area contributed by atoms with Gasteiger partial charge in [-0.3, -0.25) is 57.6 Å². The van der Waals surface area contributed by atoms with Gasteiger partial charge in [0.25, 0.3) is 0 Å². The van der Waals surface area contributed by atoms with Gasteiger partial charge < -0.3 is 74.6 Å². The first-order chi connectivity index (χ1) is 41.4. The molecule has 1 aromatic heterocycles. The number of hydrogen-bond acceptors (Lipinski definition) is 19. The third-order valence-corrected chi connectivity index (χ3v) is 21.1. The van der Waals surface area contributed by atoms with Crippen molar-refractivity contribution in [1.82, 2.24) is 20.2 Å². The van der Waals surface area contributed by atoms with E-state index >= 15 is 0 Å². The van der Waals surface area contributed by atoms with Gasteiger partial charge in [0.2, 0.25) is 41.4 Å². The molecule has 29 heteroatoms. The molecule has 8 rings (SSSR count). The zero-order valence-electron chi connectivity index (χ0n) is 51.8. The number of nitrogens with zero attached hydrogens (tertiary/aromatic N) is 5. The van der Waals surface area contributed by atoms with E-state index < -0.39 is 143 Å². The second-order valence-corrected chi connectivity index (χ2v) is 27.7. The van der Waals surface area contributed by atoms with Crippen LogP contribution in [0.2, 0.25) is 0 Å². The fourth-order valence-electron chi connectivity index (χ4n) is 15.2. The summed E-state index contributed by atoms with van der Waals surface area (Å²) in [6.45, 7) is 15.3. The maximum atomic E-state index is 14.3. The van der Waals surface area contributed by atoms with Crippen LogP contribution in [0.3, 0.4) is 0 Å². The van der Waals surface area contributed by atoms with Gasteiger partial charge in [-0.05, 0) is 82.7 Å². The number of aliphatic imine (C=N–C) groups is 3. The number of nitrogens with two attached hydrogens (primary N) is 6. The third-order valence-electron chi connectivity index (χ3n) is 20.0. The zero-order chi connectivity index (χ0) is 65.8. The van der Waals surface area contributed by atoms with E-state index in [0.29, 0.717) is 56.4 Å². The van der Waals surface area contributed by atoms with Crippen molar-refractivity contribution >= 4 is 77.3 Å². The van der Waals surface area contributed by atoms with E-state index in [2.05, 4.69) is 15.6 Å². The Balaban J connectivity index is 1.20. The summed E-state index contributed by atoms with van der Waals surface area (Å²) < 4.78 is 31.9. The number of phosphoric acid groups is 1. The fraction of sp³-hybridized carbons (Fsp3) is 0.617. The number of primary amides is 6. The molecule has 7 heterocycles. The number of carbonyl (C=O) groups excluding carboxylic acids is 7. The molecule has 0 saturated carbocycles. The van der Waals surface area contributed by atoms with Gasteiger partial charge in [0.15, 0.2) is 6.23 Å². The largest absolute Gasteiger partial charge is 0.508 e. The number of amides is 7. The van der Waals surface area contributed by atoms with E-state index in [4.69, 9.17) is 63.2 Å². The van der Waals surface area contributed by atoms with Crippen molar-refractivity contribution in [3.63, 3.8) is 0 Å². The van der Waals surface area contributed by atoms with Crippen molar-refractivity contribution in [2.45, 2.75) is 175 Å². The van der Waals surface area contributed by atoms with Crippen molar-refractivity contribution in [3.8, 4) is 5.75 Å². The first kappa shape index (κ1) is 67.7. The summed E-state index contributed by atoms with van der Waals surface area (Å²) in [6, 6.07) is 3.27.